The highest BCUT2D eigenvalue weighted by Crippen LogP contribution is 2.16. The number of hydrogen-bond donors (Lipinski definition) is 2. The molecule has 0 bridgehead atoms. The lowest BCUT2D eigenvalue weighted by molar-refractivity contribution is -0.123. The van der Waals surface area contributed by atoms with Gasteiger partial charge in [-0.2, -0.15) is 0 Å². The lowest BCUT2D eigenvalue weighted by Gasteiger charge is -2.33. The normalized spacial score (nSPS) is 17.3. The number of rotatable bonds is 6. The van der Waals surface area contributed by atoms with Gasteiger partial charge in [-0.05, 0) is 37.3 Å². The van der Waals surface area contributed by atoms with Gasteiger partial charge < -0.3 is 11.1 Å². The first-order valence-electron chi connectivity index (χ1n) is 8.43. The summed E-state index contributed by atoms with van der Waals surface area (Å²) in [6, 6.07) is 8.48. The van der Waals surface area contributed by atoms with E-state index in [1.54, 1.807) is 0 Å². The Morgan fingerprint density at radius 3 is 2.61 bits per heavy atom. The van der Waals surface area contributed by atoms with Crippen molar-refractivity contribution in [2.75, 3.05) is 13.1 Å². The molecule has 130 valence electrons. The topological polar surface area (TPSA) is 58.4 Å². The van der Waals surface area contributed by atoms with Crippen LogP contribution in [0.1, 0.15) is 43.7 Å². The number of amides is 1. The van der Waals surface area contributed by atoms with E-state index < -0.39 is 0 Å². The molecule has 3 N–H and O–H groups in total. The zero-order valence-electron chi connectivity index (χ0n) is 14.3. The van der Waals surface area contributed by atoms with E-state index in [4.69, 9.17) is 5.73 Å². The van der Waals surface area contributed by atoms with Gasteiger partial charge in [0.1, 0.15) is 0 Å². The van der Waals surface area contributed by atoms with E-state index >= 15 is 0 Å². The van der Waals surface area contributed by atoms with Gasteiger partial charge >= 0.3 is 0 Å². The van der Waals surface area contributed by atoms with Crippen molar-refractivity contribution in [2.24, 2.45) is 5.73 Å². The van der Waals surface area contributed by atoms with Crippen LogP contribution in [0.25, 0.3) is 0 Å². The summed E-state index contributed by atoms with van der Waals surface area (Å²) >= 11 is 0. The zero-order valence-corrected chi connectivity index (χ0v) is 15.1. The molecule has 0 spiro atoms. The minimum Gasteiger partial charge on any atom is -0.352 e. The molecule has 2 rings (SSSR count). The minimum atomic E-state index is -0.352. The van der Waals surface area contributed by atoms with E-state index in [0.717, 1.165) is 45.3 Å². The maximum atomic E-state index is 12.0. The molecule has 0 aliphatic carbocycles. The fourth-order valence-corrected chi connectivity index (χ4v) is 3.01. The molecule has 0 radical (unpaired) electrons. The van der Waals surface area contributed by atoms with Crippen LogP contribution in [0.2, 0.25) is 0 Å². The molecule has 1 atom stereocenters. The third kappa shape index (κ3) is 6.13. The van der Waals surface area contributed by atoms with Gasteiger partial charge in [0.15, 0.2) is 0 Å². The average Bonchev–Trinajstić information content (AvgIpc) is 2.51. The molecule has 1 fully saturated rings. The smallest absolute Gasteiger partial charge is 0.237 e. The predicted octanol–water partition coefficient (Wildman–Crippen LogP) is 2.62. The average molecular weight is 340 g/mol. The molecule has 1 saturated heterocycles. The van der Waals surface area contributed by atoms with Gasteiger partial charge in [-0.1, -0.05) is 37.6 Å². The lowest BCUT2D eigenvalue weighted by atomic mass is 10.0. The van der Waals surface area contributed by atoms with E-state index in [1.807, 2.05) is 0 Å². The Hall–Kier alpha value is -1.10. The van der Waals surface area contributed by atoms with Gasteiger partial charge in [-0.3, -0.25) is 9.69 Å². The van der Waals surface area contributed by atoms with Crippen LogP contribution in [0.4, 0.5) is 0 Å². The fourth-order valence-electron chi connectivity index (χ4n) is 3.01. The van der Waals surface area contributed by atoms with Crippen LogP contribution >= 0.6 is 12.4 Å². The van der Waals surface area contributed by atoms with Crippen molar-refractivity contribution in [1.82, 2.24) is 10.2 Å². The van der Waals surface area contributed by atoms with E-state index in [1.165, 1.54) is 11.1 Å². The van der Waals surface area contributed by atoms with Crippen molar-refractivity contribution in [3.05, 3.63) is 35.4 Å². The molecule has 5 heteroatoms. The second-order valence-corrected chi connectivity index (χ2v) is 6.38. The van der Waals surface area contributed by atoms with Crippen LogP contribution < -0.4 is 11.1 Å². The first-order valence-corrected chi connectivity index (χ1v) is 8.43. The highest BCUT2D eigenvalue weighted by Gasteiger charge is 2.22. The summed E-state index contributed by atoms with van der Waals surface area (Å²) < 4.78 is 0. The van der Waals surface area contributed by atoms with Crippen LogP contribution in [-0.4, -0.2) is 36.0 Å². The Kier molecular flexibility index (Phi) is 8.59. The SMILES string of the molecule is CCCC(N)C(=O)NC1CCN(Cc2ccccc2C)CC1.Cl. The fraction of sp³-hybridized carbons (Fsp3) is 0.611. The molecule has 0 aromatic heterocycles. The molecule has 0 saturated carbocycles. The van der Waals surface area contributed by atoms with E-state index in [9.17, 15) is 4.79 Å². The van der Waals surface area contributed by atoms with E-state index in [0.29, 0.717) is 0 Å². The van der Waals surface area contributed by atoms with Crippen molar-refractivity contribution in [2.45, 2.75) is 58.2 Å². The number of likely N-dealkylation sites (tertiary alicyclic amines) is 1. The van der Waals surface area contributed by atoms with Crippen molar-refractivity contribution in [3.8, 4) is 0 Å². The van der Waals surface area contributed by atoms with Crippen molar-refractivity contribution in [3.63, 3.8) is 0 Å². The Labute approximate surface area is 146 Å². The molecule has 1 aliphatic rings. The summed E-state index contributed by atoms with van der Waals surface area (Å²) in [5.74, 6) is 0.0132. The van der Waals surface area contributed by atoms with Crippen LogP contribution in [0.5, 0.6) is 0 Å². The highest BCUT2D eigenvalue weighted by atomic mass is 35.5. The summed E-state index contributed by atoms with van der Waals surface area (Å²) in [6.07, 6.45) is 3.73. The molecule has 1 aromatic carbocycles. The molecule has 1 heterocycles. The van der Waals surface area contributed by atoms with Crippen LogP contribution in [0.15, 0.2) is 24.3 Å². The van der Waals surface area contributed by atoms with Crippen molar-refractivity contribution >= 4 is 18.3 Å². The first kappa shape index (κ1) is 19.9. The largest absolute Gasteiger partial charge is 0.352 e. The third-order valence-corrected chi connectivity index (χ3v) is 4.53. The van der Waals surface area contributed by atoms with Gasteiger partial charge in [0.2, 0.25) is 5.91 Å². The van der Waals surface area contributed by atoms with Gasteiger partial charge in [-0.15, -0.1) is 12.4 Å². The number of hydrogen-bond acceptors (Lipinski definition) is 3. The number of aryl methyl sites for hydroxylation is 1. The molecular formula is C18H30ClN3O. The Morgan fingerprint density at radius 1 is 1.35 bits per heavy atom. The number of nitrogens with zero attached hydrogens (tertiary/aromatic N) is 1. The second-order valence-electron chi connectivity index (χ2n) is 6.38. The first-order chi connectivity index (χ1) is 10.6. The third-order valence-electron chi connectivity index (χ3n) is 4.53. The predicted molar refractivity (Wildman–Crippen MR) is 97.8 cm³/mol. The number of benzene rings is 1. The molecule has 1 unspecified atom stereocenters. The molecule has 1 amide bonds. The molecular weight excluding hydrogens is 310 g/mol. The Bertz CT molecular complexity index is 487. The number of carbonyl (C=O) groups excluding carboxylic acids is 1. The van der Waals surface area contributed by atoms with Gasteiger partial charge in [0.25, 0.3) is 0 Å². The second kappa shape index (κ2) is 9.91. The summed E-state index contributed by atoms with van der Waals surface area (Å²) in [5, 5.41) is 3.11. The quantitative estimate of drug-likeness (QED) is 0.837. The Balaban J connectivity index is 0.00000264. The molecule has 23 heavy (non-hydrogen) atoms. The summed E-state index contributed by atoms with van der Waals surface area (Å²) in [5.41, 5.74) is 8.62. The molecule has 1 aliphatic heterocycles. The highest BCUT2D eigenvalue weighted by molar-refractivity contribution is 5.85. The monoisotopic (exact) mass is 339 g/mol. The van der Waals surface area contributed by atoms with E-state index in [-0.39, 0.29) is 30.4 Å². The van der Waals surface area contributed by atoms with Gasteiger partial charge in [-0.25, -0.2) is 0 Å². The van der Waals surface area contributed by atoms with Crippen molar-refractivity contribution < 1.29 is 4.79 Å². The van der Waals surface area contributed by atoms with Crippen LogP contribution in [-0.2, 0) is 11.3 Å². The van der Waals surface area contributed by atoms with Crippen LogP contribution in [0.3, 0.4) is 0 Å². The summed E-state index contributed by atoms with van der Waals surface area (Å²) in [4.78, 5) is 14.4. The zero-order chi connectivity index (χ0) is 15.9. The standard InChI is InChI=1S/C18H29N3O.ClH/c1-3-6-17(19)18(22)20-16-9-11-21(12-10-16)13-15-8-5-4-7-14(15)2;/h4-5,7-8,16-17H,3,6,9-13,19H2,1-2H3,(H,20,22);1H. The maximum Gasteiger partial charge on any atom is 0.237 e. The summed E-state index contributed by atoms with van der Waals surface area (Å²) in [6.45, 7) is 7.28. The van der Waals surface area contributed by atoms with E-state index in [2.05, 4.69) is 48.3 Å². The number of nitrogens with two attached hydrogens (primary N) is 1. The maximum absolute atomic E-state index is 12.0. The van der Waals surface area contributed by atoms with Gasteiger partial charge in [0.05, 0.1) is 6.04 Å². The number of piperidine rings is 1. The van der Waals surface area contributed by atoms with Crippen molar-refractivity contribution in [1.29, 1.82) is 0 Å². The molecule has 1 aromatic rings. The number of halogens is 1. The summed E-state index contributed by atoms with van der Waals surface area (Å²) in [7, 11) is 0. The Morgan fingerprint density at radius 2 is 2.00 bits per heavy atom. The molecule has 4 nitrogen and oxygen atoms in total. The lowest BCUT2D eigenvalue weighted by Crippen LogP contribution is -2.49. The minimum absolute atomic E-state index is 0. The number of carbonyl (C=O) groups is 1. The van der Waals surface area contributed by atoms with Gasteiger partial charge in [0, 0.05) is 25.7 Å². The van der Waals surface area contributed by atoms with Crippen LogP contribution in [0, 0.1) is 6.92 Å². The number of nitrogens with one attached hydrogen (secondary N) is 1.